The van der Waals surface area contributed by atoms with Crippen LogP contribution in [-0.4, -0.2) is 56.8 Å². The standard InChI is InChI=1S/C17H19N3O6S/c21-14(8-27)19-12(6-15(22)23)16(24)20-13(17(25)26)5-9-7-18-11-4-2-1-3-10(9)11/h1-4,7,12-13,18,27H,5-6,8H2,(H,19,21)(H,20,24)(H,22,23)(H,25,26)/t12-,13-/m0/s1. The van der Waals surface area contributed by atoms with Gasteiger partial charge >= 0.3 is 11.9 Å². The summed E-state index contributed by atoms with van der Waals surface area (Å²) in [6, 6.07) is 4.61. The molecule has 5 N–H and O–H groups in total. The highest BCUT2D eigenvalue weighted by atomic mass is 32.1. The molecule has 0 bridgehead atoms. The minimum atomic E-state index is -1.40. The lowest BCUT2D eigenvalue weighted by Gasteiger charge is -2.20. The Balaban J connectivity index is 2.15. The summed E-state index contributed by atoms with van der Waals surface area (Å²) in [7, 11) is 0. The van der Waals surface area contributed by atoms with E-state index < -0.39 is 42.3 Å². The minimum absolute atomic E-state index is 0.00854. The summed E-state index contributed by atoms with van der Waals surface area (Å²) < 4.78 is 0. The number of benzene rings is 1. The summed E-state index contributed by atoms with van der Waals surface area (Å²) in [6.45, 7) is 0. The molecular weight excluding hydrogens is 374 g/mol. The summed E-state index contributed by atoms with van der Waals surface area (Å²) in [5.74, 6) is -4.34. The molecule has 0 saturated heterocycles. The number of H-pyrrole nitrogens is 1. The van der Waals surface area contributed by atoms with Crippen LogP contribution in [0.15, 0.2) is 30.5 Å². The molecule has 0 aliphatic heterocycles. The number of carbonyl (C=O) groups is 4. The summed E-state index contributed by atoms with van der Waals surface area (Å²) in [5.41, 5.74) is 1.51. The maximum atomic E-state index is 12.4. The second-order valence-corrected chi connectivity index (χ2v) is 6.16. The van der Waals surface area contributed by atoms with Crippen LogP contribution in [0, 0.1) is 0 Å². The van der Waals surface area contributed by atoms with Gasteiger partial charge in [-0.25, -0.2) is 4.79 Å². The molecule has 27 heavy (non-hydrogen) atoms. The number of thiol groups is 1. The number of hydrogen-bond acceptors (Lipinski definition) is 5. The molecule has 10 heteroatoms. The highest BCUT2D eigenvalue weighted by molar-refractivity contribution is 7.81. The lowest BCUT2D eigenvalue weighted by atomic mass is 10.0. The van der Waals surface area contributed by atoms with Crippen LogP contribution >= 0.6 is 12.6 Å². The van der Waals surface area contributed by atoms with Gasteiger partial charge in [0, 0.05) is 23.5 Å². The van der Waals surface area contributed by atoms with Gasteiger partial charge in [0.25, 0.3) is 0 Å². The molecular formula is C17H19N3O6S. The number of amides is 2. The van der Waals surface area contributed by atoms with E-state index in [1.165, 1.54) is 0 Å². The van der Waals surface area contributed by atoms with Gasteiger partial charge in [0.1, 0.15) is 12.1 Å². The van der Waals surface area contributed by atoms with Gasteiger partial charge in [0.2, 0.25) is 11.8 Å². The molecule has 0 unspecified atom stereocenters. The van der Waals surface area contributed by atoms with Gasteiger partial charge in [0.05, 0.1) is 12.2 Å². The Labute approximate surface area is 159 Å². The van der Waals surface area contributed by atoms with Crippen LogP contribution in [-0.2, 0) is 25.6 Å². The average Bonchev–Trinajstić information content (AvgIpc) is 3.03. The SMILES string of the molecule is O=C(O)C[C@H](NC(=O)CS)C(=O)N[C@@H](Cc1c[nH]c2ccccc12)C(=O)O. The molecule has 0 aliphatic carbocycles. The molecule has 2 atom stereocenters. The number of aliphatic carboxylic acids is 2. The van der Waals surface area contributed by atoms with E-state index in [9.17, 15) is 24.3 Å². The number of rotatable bonds is 9. The maximum absolute atomic E-state index is 12.4. The molecule has 2 rings (SSSR count). The first-order valence-corrected chi connectivity index (χ1v) is 8.65. The first kappa shape index (κ1) is 20.3. The Morgan fingerprint density at radius 3 is 2.41 bits per heavy atom. The Hall–Kier alpha value is -3.01. The van der Waals surface area contributed by atoms with Crippen LogP contribution in [0.3, 0.4) is 0 Å². The van der Waals surface area contributed by atoms with Crippen molar-refractivity contribution in [2.45, 2.75) is 24.9 Å². The summed E-state index contributed by atoms with van der Waals surface area (Å²) in [4.78, 5) is 49.3. The van der Waals surface area contributed by atoms with Crippen molar-refractivity contribution < 1.29 is 29.4 Å². The number of aromatic nitrogens is 1. The van der Waals surface area contributed by atoms with Gasteiger partial charge in [-0.05, 0) is 11.6 Å². The molecule has 144 valence electrons. The van der Waals surface area contributed by atoms with E-state index in [0.29, 0.717) is 5.56 Å². The molecule has 2 amide bonds. The van der Waals surface area contributed by atoms with Gasteiger partial charge in [-0.1, -0.05) is 18.2 Å². The number of aromatic amines is 1. The predicted molar refractivity (Wildman–Crippen MR) is 99.6 cm³/mol. The molecule has 9 nitrogen and oxygen atoms in total. The Morgan fingerprint density at radius 1 is 1.07 bits per heavy atom. The van der Waals surface area contributed by atoms with Crippen LogP contribution in [0.1, 0.15) is 12.0 Å². The van der Waals surface area contributed by atoms with E-state index in [1.807, 2.05) is 24.3 Å². The molecule has 2 aromatic rings. The summed E-state index contributed by atoms with van der Waals surface area (Å²) in [5, 5.41) is 23.7. The highest BCUT2D eigenvalue weighted by Gasteiger charge is 2.28. The van der Waals surface area contributed by atoms with E-state index in [4.69, 9.17) is 5.11 Å². The Bertz CT molecular complexity index is 865. The Kier molecular flexibility index (Phi) is 6.83. The zero-order chi connectivity index (χ0) is 20.0. The number of nitrogens with one attached hydrogen (secondary N) is 3. The lowest BCUT2D eigenvalue weighted by molar-refractivity contribution is -0.143. The van der Waals surface area contributed by atoms with E-state index in [2.05, 4.69) is 28.2 Å². The molecule has 1 aromatic heterocycles. The van der Waals surface area contributed by atoms with Crippen molar-refractivity contribution in [3.63, 3.8) is 0 Å². The predicted octanol–water partition coefficient (Wildman–Crippen LogP) is 0.169. The zero-order valence-electron chi connectivity index (χ0n) is 14.1. The molecule has 0 aliphatic rings. The second-order valence-electron chi connectivity index (χ2n) is 5.84. The smallest absolute Gasteiger partial charge is 0.326 e. The van der Waals surface area contributed by atoms with Crippen LogP contribution in [0.25, 0.3) is 10.9 Å². The zero-order valence-corrected chi connectivity index (χ0v) is 15.0. The van der Waals surface area contributed by atoms with Crippen molar-refractivity contribution in [3.05, 3.63) is 36.0 Å². The first-order valence-electron chi connectivity index (χ1n) is 8.02. The fourth-order valence-electron chi connectivity index (χ4n) is 2.62. The van der Waals surface area contributed by atoms with Crippen LogP contribution < -0.4 is 10.6 Å². The van der Waals surface area contributed by atoms with Gasteiger partial charge in [-0.3, -0.25) is 14.4 Å². The third-order valence-electron chi connectivity index (χ3n) is 3.89. The number of carboxylic acids is 2. The van der Waals surface area contributed by atoms with Crippen LogP contribution in [0.5, 0.6) is 0 Å². The fourth-order valence-corrected chi connectivity index (χ4v) is 2.71. The summed E-state index contributed by atoms with van der Waals surface area (Å²) in [6.07, 6.45) is 0.973. The van der Waals surface area contributed by atoms with Crippen molar-refractivity contribution in [2.24, 2.45) is 0 Å². The van der Waals surface area contributed by atoms with E-state index in [0.717, 1.165) is 10.9 Å². The number of fused-ring (bicyclic) bond motifs is 1. The van der Waals surface area contributed by atoms with Gasteiger partial charge < -0.3 is 25.8 Å². The van der Waals surface area contributed by atoms with Crippen molar-refractivity contribution in [3.8, 4) is 0 Å². The number of carbonyl (C=O) groups excluding carboxylic acids is 2. The van der Waals surface area contributed by atoms with Crippen LogP contribution in [0.2, 0.25) is 0 Å². The molecule has 0 saturated carbocycles. The molecule has 1 aromatic carbocycles. The van der Waals surface area contributed by atoms with E-state index in [1.54, 1.807) is 6.20 Å². The molecule has 0 fully saturated rings. The minimum Gasteiger partial charge on any atom is -0.481 e. The van der Waals surface area contributed by atoms with Gasteiger partial charge in [-0.2, -0.15) is 12.6 Å². The molecule has 1 heterocycles. The lowest BCUT2D eigenvalue weighted by Crippen LogP contribution is -2.53. The topological polar surface area (TPSA) is 149 Å². The van der Waals surface area contributed by atoms with E-state index >= 15 is 0 Å². The van der Waals surface area contributed by atoms with Crippen molar-refractivity contribution >= 4 is 47.3 Å². The third kappa shape index (κ3) is 5.48. The second kappa shape index (κ2) is 9.08. The monoisotopic (exact) mass is 393 g/mol. The first-order chi connectivity index (χ1) is 12.8. The summed E-state index contributed by atoms with van der Waals surface area (Å²) >= 11 is 3.76. The molecule has 0 spiro atoms. The highest BCUT2D eigenvalue weighted by Crippen LogP contribution is 2.19. The van der Waals surface area contributed by atoms with Crippen molar-refractivity contribution in [2.75, 3.05) is 5.75 Å². The average molecular weight is 393 g/mol. The van der Waals surface area contributed by atoms with E-state index in [-0.39, 0.29) is 12.2 Å². The van der Waals surface area contributed by atoms with Crippen molar-refractivity contribution in [1.29, 1.82) is 0 Å². The Morgan fingerprint density at radius 2 is 1.78 bits per heavy atom. The van der Waals surface area contributed by atoms with Crippen LogP contribution in [0.4, 0.5) is 0 Å². The third-order valence-corrected chi connectivity index (χ3v) is 4.17. The quantitative estimate of drug-likeness (QED) is 0.335. The van der Waals surface area contributed by atoms with Crippen molar-refractivity contribution in [1.82, 2.24) is 15.6 Å². The van der Waals surface area contributed by atoms with Gasteiger partial charge in [-0.15, -0.1) is 0 Å². The van der Waals surface area contributed by atoms with Gasteiger partial charge in [0.15, 0.2) is 0 Å². The number of carboxylic acid groups (broad SMARTS) is 2. The largest absolute Gasteiger partial charge is 0.481 e. The number of hydrogen-bond donors (Lipinski definition) is 6. The maximum Gasteiger partial charge on any atom is 0.326 e. The number of para-hydroxylation sites is 1. The fraction of sp³-hybridized carbons (Fsp3) is 0.294. The normalized spacial score (nSPS) is 12.9. The molecule has 0 radical (unpaired) electrons.